The highest BCUT2D eigenvalue weighted by Gasteiger charge is 2.23. The fraction of sp³-hybridized carbons (Fsp3) is 0.389. The zero-order valence-corrected chi connectivity index (χ0v) is 16.9. The maximum atomic E-state index is 12.7. The van der Waals surface area contributed by atoms with Crippen LogP contribution in [0, 0.1) is 10.5 Å². The number of amides is 1. The number of carbonyl (C=O) groups is 1. The van der Waals surface area contributed by atoms with Crippen LogP contribution < -0.4 is 9.80 Å². The summed E-state index contributed by atoms with van der Waals surface area (Å²) in [6.07, 6.45) is 0. The number of carbonyl (C=O) groups excluding carboxylic acids is 1. The molecule has 0 atom stereocenters. The molecule has 2 aromatic rings. The standard InChI is InChI=1S/C18H22IN5O/c1-13-20-16(22(2)3)12-17(21-13)23-7-9-24(10-8-23)18(25)14-5-4-6-15(19)11-14/h4-6,11-12H,7-10H2,1-3H3. The Kier molecular flexibility index (Phi) is 5.41. The van der Waals surface area contributed by atoms with Gasteiger partial charge in [0.15, 0.2) is 0 Å². The lowest BCUT2D eigenvalue weighted by Gasteiger charge is -2.35. The summed E-state index contributed by atoms with van der Waals surface area (Å²) in [6, 6.07) is 9.75. The molecular weight excluding hydrogens is 429 g/mol. The summed E-state index contributed by atoms with van der Waals surface area (Å²) in [6.45, 7) is 4.86. The third kappa shape index (κ3) is 4.20. The van der Waals surface area contributed by atoms with E-state index in [-0.39, 0.29) is 5.91 Å². The molecule has 1 aromatic heterocycles. The van der Waals surface area contributed by atoms with Crippen LogP contribution in [0.15, 0.2) is 30.3 Å². The fourth-order valence-corrected chi connectivity index (χ4v) is 3.41. The molecule has 6 nitrogen and oxygen atoms in total. The van der Waals surface area contributed by atoms with Gasteiger partial charge in [-0.05, 0) is 47.7 Å². The van der Waals surface area contributed by atoms with Crippen LogP contribution in [0.2, 0.25) is 0 Å². The first-order valence-corrected chi connectivity index (χ1v) is 9.35. The van der Waals surface area contributed by atoms with Crippen molar-refractivity contribution in [2.45, 2.75) is 6.92 Å². The number of aromatic nitrogens is 2. The molecule has 25 heavy (non-hydrogen) atoms. The molecule has 0 spiro atoms. The molecule has 0 radical (unpaired) electrons. The molecule has 132 valence electrons. The van der Waals surface area contributed by atoms with E-state index in [0.717, 1.165) is 39.7 Å². The van der Waals surface area contributed by atoms with Crippen LogP contribution >= 0.6 is 22.6 Å². The van der Waals surface area contributed by atoms with Crippen molar-refractivity contribution in [3.8, 4) is 0 Å². The van der Waals surface area contributed by atoms with E-state index in [4.69, 9.17) is 0 Å². The van der Waals surface area contributed by atoms with Crippen molar-refractivity contribution in [3.05, 3.63) is 45.3 Å². The predicted octanol–water partition coefficient (Wildman–Crippen LogP) is 2.42. The Morgan fingerprint density at radius 3 is 2.48 bits per heavy atom. The summed E-state index contributed by atoms with van der Waals surface area (Å²) < 4.78 is 1.08. The van der Waals surface area contributed by atoms with Gasteiger partial charge in [-0.2, -0.15) is 0 Å². The Hall–Kier alpha value is -1.90. The number of nitrogens with zero attached hydrogens (tertiary/aromatic N) is 5. The van der Waals surface area contributed by atoms with Gasteiger partial charge in [0, 0.05) is 55.5 Å². The maximum absolute atomic E-state index is 12.7. The Morgan fingerprint density at radius 1 is 1.12 bits per heavy atom. The molecule has 1 aliphatic rings. The molecule has 3 rings (SSSR count). The van der Waals surface area contributed by atoms with Crippen molar-refractivity contribution >= 4 is 40.1 Å². The molecule has 0 aliphatic carbocycles. The van der Waals surface area contributed by atoms with Crippen molar-refractivity contribution in [2.24, 2.45) is 0 Å². The lowest BCUT2D eigenvalue weighted by molar-refractivity contribution is 0.0746. The quantitative estimate of drug-likeness (QED) is 0.672. The SMILES string of the molecule is Cc1nc(N(C)C)cc(N2CCN(C(=O)c3cccc(I)c3)CC2)n1. The number of halogens is 1. The molecule has 1 amide bonds. The zero-order valence-electron chi connectivity index (χ0n) is 14.7. The van der Waals surface area contributed by atoms with Gasteiger partial charge in [-0.3, -0.25) is 4.79 Å². The molecule has 1 aliphatic heterocycles. The largest absolute Gasteiger partial charge is 0.363 e. The Bertz CT molecular complexity index is 772. The molecule has 7 heteroatoms. The van der Waals surface area contributed by atoms with Crippen molar-refractivity contribution < 1.29 is 4.79 Å². The van der Waals surface area contributed by atoms with Crippen LogP contribution in [0.1, 0.15) is 16.2 Å². The van der Waals surface area contributed by atoms with Crippen LogP contribution in [0.5, 0.6) is 0 Å². The molecule has 1 fully saturated rings. The average Bonchev–Trinajstić information content (AvgIpc) is 2.60. The van der Waals surface area contributed by atoms with E-state index >= 15 is 0 Å². The lowest BCUT2D eigenvalue weighted by Crippen LogP contribution is -2.49. The summed E-state index contributed by atoms with van der Waals surface area (Å²) in [5, 5.41) is 0. The van der Waals surface area contributed by atoms with Crippen molar-refractivity contribution in [1.82, 2.24) is 14.9 Å². The van der Waals surface area contributed by atoms with Crippen LogP contribution in [0.25, 0.3) is 0 Å². The molecule has 0 unspecified atom stereocenters. The topological polar surface area (TPSA) is 52.6 Å². The summed E-state index contributed by atoms with van der Waals surface area (Å²) in [4.78, 5) is 27.8. The Balaban J connectivity index is 1.69. The van der Waals surface area contributed by atoms with Gasteiger partial charge >= 0.3 is 0 Å². The maximum Gasteiger partial charge on any atom is 0.254 e. The molecular formula is C18H22IN5O. The van der Waals surface area contributed by atoms with E-state index in [0.29, 0.717) is 13.1 Å². The summed E-state index contributed by atoms with van der Waals surface area (Å²) >= 11 is 2.23. The molecule has 0 saturated carbocycles. The van der Waals surface area contributed by atoms with Gasteiger partial charge in [-0.15, -0.1) is 0 Å². The lowest BCUT2D eigenvalue weighted by atomic mass is 10.2. The van der Waals surface area contributed by atoms with E-state index in [2.05, 4.69) is 37.5 Å². The van der Waals surface area contributed by atoms with Crippen LogP contribution in [-0.2, 0) is 0 Å². The minimum Gasteiger partial charge on any atom is -0.363 e. The number of rotatable bonds is 3. The molecule has 1 saturated heterocycles. The van der Waals surface area contributed by atoms with Gasteiger partial charge in [-0.1, -0.05) is 6.07 Å². The average molecular weight is 451 g/mol. The van der Waals surface area contributed by atoms with E-state index in [1.165, 1.54) is 0 Å². The van der Waals surface area contributed by atoms with Gasteiger partial charge in [-0.25, -0.2) is 9.97 Å². The zero-order chi connectivity index (χ0) is 18.0. The third-order valence-corrected chi connectivity index (χ3v) is 4.90. The smallest absolute Gasteiger partial charge is 0.254 e. The number of hydrogen-bond donors (Lipinski definition) is 0. The van der Waals surface area contributed by atoms with Gasteiger partial charge in [0.05, 0.1) is 0 Å². The molecule has 0 N–H and O–H groups in total. The van der Waals surface area contributed by atoms with Gasteiger partial charge in [0.25, 0.3) is 5.91 Å². The van der Waals surface area contributed by atoms with Crippen LogP contribution in [0.4, 0.5) is 11.6 Å². The summed E-state index contributed by atoms with van der Waals surface area (Å²) in [7, 11) is 3.95. The van der Waals surface area contributed by atoms with Gasteiger partial charge < -0.3 is 14.7 Å². The first-order valence-electron chi connectivity index (χ1n) is 8.27. The Morgan fingerprint density at radius 2 is 1.84 bits per heavy atom. The summed E-state index contributed by atoms with van der Waals surface area (Å²) in [5.74, 6) is 2.70. The number of hydrogen-bond acceptors (Lipinski definition) is 5. The van der Waals surface area contributed by atoms with Crippen molar-refractivity contribution in [3.63, 3.8) is 0 Å². The third-order valence-electron chi connectivity index (χ3n) is 4.23. The second-order valence-corrected chi connectivity index (χ2v) is 7.56. The van der Waals surface area contributed by atoms with E-state index in [9.17, 15) is 4.79 Å². The first-order chi connectivity index (χ1) is 11.9. The monoisotopic (exact) mass is 451 g/mol. The fourth-order valence-electron chi connectivity index (χ4n) is 2.87. The van der Waals surface area contributed by atoms with Crippen LogP contribution in [0.3, 0.4) is 0 Å². The highest BCUT2D eigenvalue weighted by molar-refractivity contribution is 14.1. The van der Waals surface area contributed by atoms with Gasteiger partial charge in [0.1, 0.15) is 17.5 Å². The molecule has 0 bridgehead atoms. The minimum atomic E-state index is 0.103. The van der Waals surface area contributed by atoms with Crippen molar-refractivity contribution in [1.29, 1.82) is 0 Å². The number of aryl methyl sites for hydroxylation is 1. The molecule has 2 heterocycles. The van der Waals surface area contributed by atoms with Crippen molar-refractivity contribution in [2.75, 3.05) is 50.1 Å². The number of anilines is 2. The highest BCUT2D eigenvalue weighted by Crippen LogP contribution is 2.20. The predicted molar refractivity (Wildman–Crippen MR) is 108 cm³/mol. The minimum absolute atomic E-state index is 0.103. The normalized spacial score (nSPS) is 14.6. The van der Waals surface area contributed by atoms with Crippen LogP contribution in [-0.4, -0.2) is 61.0 Å². The summed E-state index contributed by atoms with van der Waals surface area (Å²) in [5.41, 5.74) is 0.758. The highest BCUT2D eigenvalue weighted by atomic mass is 127. The second-order valence-electron chi connectivity index (χ2n) is 6.32. The van der Waals surface area contributed by atoms with E-state index in [1.807, 2.05) is 61.2 Å². The Labute approximate surface area is 162 Å². The number of piperazine rings is 1. The molecule has 1 aromatic carbocycles. The van der Waals surface area contributed by atoms with E-state index in [1.54, 1.807) is 0 Å². The first kappa shape index (κ1) is 17.9. The second kappa shape index (κ2) is 7.55. The van der Waals surface area contributed by atoms with Gasteiger partial charge in [0.2, 0.25) is 0 Å². The number of benzene rings is 1. The van der Waals surface area contributed by atoms with E-state index < -0.39 is 0 Å².